The summed E-state index contributed by atoms with van der Waals surface area (Å²) in [5, 5.41) is 2.79. The lowest BCUT2D eigenvalue weighted by Gasteiger charge is -2.33. The summed E-state index contributed by atoms with van der Waals surface area (Å²) in [6, 6.07) is 16.1. The maximum atomic E-state index is 14.6. The molecule has 2 aromatic carbocycles. The lowest BCUT2D eigenvalue weighted by molar-refractivity contribution is -0.150. The fraction of sp³-hybridized carbons (Fsp3) is 0.350. The SMILES string of the molecule is O=C(Nc1ccc(Cl)cc1)C(F)(F)C1CCC(c2ccccc2)CC1. The van der Waals surface area contributed by atoms with Crippen LogP contribution in [-0.4, -0.2) is 11.8 Å². The van der Waals surface area contributed by atoms with Crippen molar-refractivity contribution in [1.82, 2.24) is 0 Å². The normalized spacial score (nSPS) is 20.9. The third kappa shape index (κ3) is 4.18. The summed E-state index contributed by atoms with van der Waals surface area (Å²) in [6.45, 7) is 0. The Morgan fingerprint density at radius 2 is 1.56 bits per heavy atom. The molecule has 0 atom stereocenters. The van der Waals surface area contributed by atoms with Crippen LogP contribution >= 0.6 is 11.6 Å². The first kappa shape index (κ1) is 17.9. The van der Waals surface area contributed by atoms with Crippen molar-refractivity contribution in [3.05, 3.63) is 65.2 Å². The molecule has 1 aliphatic rings. The number of alkyl halides is 2. The van der Waals surface area contributed by atoms with Crippen LogP contribution in [0, 0.1) is 5.92 Å². The summed E-state index contributed by atoms with van der Waals surface area (Å²) in [5.41, 5.74) is 1.52. The van der Waals surface area contributed by atoms with Crippen LogP contribution in [0.4, 0.5) is 14.5 Å². The zero-order chi connectivity index (χ0) is 17.9. The highest BCUT2D eigenvalue weighted by Crippen LogP contribution is 2.42. The van der Waals surface area contributed by atoms with E-state index in [4.69, 9.17) is 11.6 Å². The van der Waals surface area contributed by atoms with E-state index >= 15 is 0 Å². The average molecular weight is 364 g/mol. The van der Waals surface area contributed by atoms with Crippen LogP contribution in [0.1, 0.15) is 37.2 Å². The fourth-order valence-electron chi connectivity index (χ4n) is 3.45. The maximum absolute atomic E-state index is 14.6. The summed E-state index contributed by atoms with van der Waals surface area (Å²) >= 11 is 5.76. The number of hydrogen-bond acceptors (Lipinski definition) is 1. The van der Waals surface area contributed by atoms with Crippen molar-refractivity contribution in [2.45, 2.75) is 37.5 Å². The Morgan fingerprint density at radius 3 is 2.16 bits per heavy atom. The van der Waals surface area contributed by atoms with Crippen LogP contribution in [0.15, 0.2) is 54.6 Å². The third-order valence-corrected chi connectivity index (χ3v) is 5.17. The van der Waals surface area contributed by atoms with E-state index in [0.29, 0.717) is 42.3 Å². The highest BCUT2D eigenvalue weighted by atomic mass is 35.5. The number of hydrogen-bond donors (Lipinski definition) is 1. The van der Waals surface area contributed by atoms with Gasteiger partial charge in [0, 0.05) is 16.6 Å². The molecule has 0 spiro atoms. The number of nitrogens with one attached hydrogen (secondary N) is 1. The van der Waals surface area contributed by atoms with E-state index in [9.17, 15) is 13.6 Å². The molecule has 1 aliphatic carbocycles. The van der Waals surface area contributed by atoms with Gasteiger partial charge in [0.1, 0.15) is 0 Å². The molecule has 1 saturated carbocycles. The van der Waals surface area contributed by atoms with Gasteiger partial charge in [-0.15, -0.1) is 0 Å². The summed E-state index contributed by atoms with van der Waals surface area (Å²) in [6.07, 6.45) is 2.05. The topological polar surface area (TPSA) is 29.1 Å². The molecule has 0 radical (unpaired) electrons. The van der Waals surface area contributed by atoms with Crippen LogP contribution in [0.5, 0.6) is 0 Å². The Labute approximate surface area is 151 Å². The minimum Gasteiger partial charge on any atom is -0.321 e. The van der Waals surface area contributed by atoms with Crippen LogP contribution in [0.25, 0.3) is 0 Å². The number of benzene rings is 2. The van der Waals surface area contributed by atoms with E-state index in [-0.39, 0.29) is 0 Å². The molecule has 2 aromatic rings. The van der Waals surface area contributed by atoms with E-state index in [2.05, 4.69) is 5.32 Å². The van der Waals surface area contributed by atoms with Gasteiger partial charge in [0.2, 0.25) is 0 Å². The minimum absolute atomic E-state index is 0.299. The molecule has 0 bridgehead atoms. The minimum atomic E-state index is -3.37. The van der Waals surface area contributed by atoms with Gasteiger partial charge < -0.3 is 5.32 Å². The second-order valence-corrected chi connectivity index (χ2v) is 6.98. The van der Waals surface area contributed by atoms with Crippen molar-refractivity contribution in [1.29, 1.82) is 0 Å². The van der Waals surface area contributed by atoms with Gasteiger partial charge in [-0.2, -0.15) is 8.78 Å². The van der Waals surface area contributed by atoms with Crippen molar-refractivity contribution >= 4 is 23.2 Å². The molecule has 0 unspecified atom stereocenters. The van der Waals surface area contributed by atoms with Gasteiger partial charge >= 0.3 is 5.92 Å². The van der Waals surface area contributed by atoms with E-state index < -0.39 is 17.7 Å². The standard InChI is InChI=1S/C20H20ClF2NO/c21-17-10-12-18(13-11-17)24-19(25)20(22,23)16-8-6-15(7-9-16)14-4-2-1-3-5-14/h1-5,10-13,15-16H,6-9H2,(H,24,25). The monoisotopic (exact) mass is 363 g/mol. The third-order valence-electron chi connectivity index (χ3n) is 4.92. The Bertz CT molecular complexity index is 710. The maximum Gasteiger partial charge on any atom is 0.327 e. The molecule has 0 saturated heterocycles. The van der Waals surface area contributed by atoms with Crippen molar-refractivity contribution in [2.24, 2.45) is 5.92 Å². The molecule has 2 nitrogen and oxygen atoms in total. The number of rotatable bonds is 4. The molecule has 0 aromatic heterocycles. The fourth-order valence-corrected chi connectivity index (χ4v) is 3.57. The number of carbonyl (C=O) groups excluding carboxylic acids is 1. The van der Waals surface area contributed by atoms with Crippen LogP contribution in [0.2, 0.25) is 5.02 Å². The summed E-state index contributed by atoms with van der Waals surface area (Å²) in [4.78, 5) is 12.1. The molecule has 25 heavy (non-hydrogen) atoms. The van der Waals surface area contributed by atoms with Gasteiger partial charge in [0.05, 0.1) is 0 Å². The molecule has 3 rings (SSSR count). The average Bonchev–Trinajstić information content (AvgIpc) is 2.64. The summed E-state index contributed by atoms with van der Waals surface area (Å²) in [7, 11) is 0. The molecular formula is C20H20ClF2NO. The first-order valence-electron chi connectivity index (χ1n) is 8.46. The second kappa shape index (κ2) is 7.52. The largest absolute Gasteiger partial charge is 0.327 e. The van der Waals surface area contributed by atoms with Crippen LogP contribution in [0.3, 0.4) is 0 Å². The molecule has 1 amide bonds. The zero-order valence-electron chi connectivity index (χ0n) is 13.7. The molecule has 132 valence electrons. The first-order valence-corrected chi connectivity index (χ1v) is 8.84. The zero-order valence-corrected chi connectivity index (χ0v) is 14.5. The Kier molecular flexibility index (Phi) is 5.38. The number of amides is 1. The van der Waals surface area contributed by atoms with Crippen molar-refractivity contribution in [3.63, 3.8) is 0 Å². The molecule has 0 aliphatic heterocycles. The van der Waals surface area contributed by atoms with Crippen LogP contribution in [-0.2, 0) is 4.79 Å². The Morgan fingerprint density at radius 1 is 0.960 bits per heavy atom. The van der Waals surface area contributed by atoms with Crippen molar-refractivity contribution in [3.8, 4) is 0 Å². The lowest BCUT2D eigenvalue weighted by Crippen LogP contribution is -2.42. The van der Waals surface area contributed by atoms with E-state index in [1.54, 1.807) is 12.1 Å². The molecule has 5 heteroatoms. The predicted octanol–water partition coefficient (Wildman–Crippen LogP) is 5.89. The molecule has 1 N–H and O–H groups in total. The summed E-state index contributed by atoms with van der Waals surface area (Å²) in [5.74, 6) is -5.23. The lowest BCUT2D eigenvalue weighted by atomic mass is 9.76. The van der Waals surface area contributed by atoms with Gasteiger partial charge in [-0.25, -0.2) is 0 Å². The van der Waals surface area contributed by atoms with Gasteiger partial charge in [-0.1, -0.05) is 41.9 Å². The number of halogens is 3. The first-order chi connectivity index (χ1) is 12.0. The van der Waals surface area contributed by atoms with Gasteiger partial charge in [-0.3, -0.25) is 4.79 Å². The Balaban J connectivity index is 1.61. The predicted molar refractivity (Wildman–Crippen MR) is 96.2 cm³/mol. The highest BCUT2D eigenvalue weighted by molar-refractivity contribution is 6.30. The van der Waals surface area contributed by atoms with Crippen molar-refractivity contribution < 1.29 is 13.6 Å². The molecular weight excluding hydrogens is 344 g/mol. The molecule has 1 fully saturated rings. The van der Waals surface area contributed by atoms with E-state index in [0.717, 1.165) is 0 Å². The van der Waals surface area contributed by atoms with E-state index in [1.165, 1.54) is 17.7 Å². The summed E-state index contributed by atoms with van der Waals surface area (Å²) < 4.78 is 29.1. The quantitative estimate of drug-likeness (QED) is 0.721. The van der Waals surface area contributed by atoms with Gasteiger partial charge in [-0.05, 0) is 61.4 Å². The second-order valence-electron chi connectivity index (χ2n) is 6.54. The number of anilines is 1. The molecule has 0 heterocycles. The highest BCUT2D eigenvalue weighted by Gasteiger charge is 2.48. The van der Waals surface area contributed by atoms with Gasteiger partial charge in [0.25, 0.3) is 5.91 Å². The number of carbonyl (C=O) groups is 1. The van der Waals surface area contributed by atoms with E-state index in [1.807, 2.05) is 30.3 Å². The van der Waals surface area contributed by atoms with Crippen molar-refractivity contribution in [2.75, 3.05) is 5.32 Å². The van der Waals surface area contributed by atoms with Crippen LogP contribution < -0.4 is 5.32 Å². The Hall–Kier alpha value is -1.94. The smallest absolute Gasteiger partial charge is 0.321 e. The van der Waals surface area contributed by atoms with Gasteiger partial charge in [0.15, 0.2) is 0 Å².